The number of esters is 1. The summed E-state index contributed by atoms with van der Waals surface area (Å²) < 4.78 is 5.11. The maximum absolute atomic E-state index is 12.0. The summed E-state index contributed by atoms with van der Waals surface area (Å²) in [5, 5.41) is 2.98. The highest BCUT2D eigenvalue weighted by atomic mass is 16.5. The molecule has 4 heteroatoms. The maximum atomic E-state index is 12.0. The molecule has 2 rings (SSSR count). The molecule has 2 atom stereocenters. The van der Waals surface area contributed by atoms with E-state index in [0.717, 1.165) is 30.4 Å². The summed E-state index contributed by atoms with van der Waals surface area (Å²) in [5.74, 6) is -0.168. The van der Waals surface area contributed by atoms with Gasteiger partial charge in [-0.2, -0.15) is 0 Å². The molecule has 1 saturated carbocycles. The zero-order valence-electron chi connectivity index (χ0n) is 13.6. The molecule has 4 nitrogen and oxygen atoms in total. The van der Waals surface area contributed by atoms with Crippen molar-refractivity contribution < 1.29 is 14.3 Å². The number of benzene rings is 1. The van der Waals surface area contributed by atoms with Gasteiger partial charge < -0.3 is 10.1 Å². The van der Waals surface area contributed by atoms with E-state index in [4.69, 9.17) is 4.74 Å². The van der Waals surface area contributed by atoms with Crippen LogP contribution in [-0.4, -0.2) is 24.5 Å². The van der Waals surface area contributed by atoms with E-state index < -0.39 is 5.97 Å². The first-order chi connectivity index (χ1) is 10.5. The quantitative estimate of drug-likeness (QED) is 0.869. The van der Waals surface area contributed by atoms with E-state index in [9.17, 15) is 9.59 Å². The van der Waals surface area contributed by atoms with Gasteiger partial charge in [-0.15, -0.1) is 0 Å². The SMILES string of the molecule is Cc1ccc(C(=O)OCC(=O)N[C@@H]2CCCC[C@H]2C)cc1C. The number of amides is 1. The first-order valence-corrected chi connectivity index (χ1v) is 8.01. The summed E-state index contributed by atoms with van der Waals surface area (Å²) in [6.07, 6.45) is 4.54. The standard InChI is InChI=1S/C18H25NO3/c1-12-8-9-15(10-14(12)3)18(21)22-11-17(20)19-16-7-5-4-6-13(16)2/h8-10,13,16H,4-7,11H2,1-3H3,(H,19,20)/t13-,16-/m1/s1. The normalized spacial score (nSPS) is 21.2. The summed E-state index contributed by atoms with van der Waals surface area (Å²) >= 11 is 0. The number of ether oxygens (including phenoxy) is 1. The van der Waals surface area contributed by atoms with Crippen LogP contribution in [0, 0.1) is 19.8 Å². The Labute approximate surface area is 132 Å². The van der Waals surface area contributed by atoms with Gasteiger partial charge in [-0.1, -0.05) is 25.8 Å². The molecule has 1 aromatic rings. The highest BCUT2D eigenvalue weighted by molar-refractivity contribution is 5.91. The van der Waals surface area contributed by atoms with E-state index in [1.165, 1.54) is 6.42 Å². The monoisotopic (exact) mass is 303 g/mol. The summed E-state index contributed by atoms with van der Waals surface area (Å²) in [7, 11) is 0. The molecule has 0 unspecified atom stereocenters. The topological polar surface area (TPSA) is 55.4 Å². The fourth-order valence-electron chi connectivity index (χ4n) is 2.86. The summed E-state index contributed by atoms with van der Waals surface area (Å²) in [6, 6.07) is 5.61. The minimum Gasteiger partial charge on any atom is -0.452 e. The Morgan fingerprint density at radius 2 is 1.91 bits per heavy atom. The van der Waals surface area contributed by atoms with Gasteiger partial charge in [0.1, 0.15) is 0 Å². The van der Waals surface area contributed by atoms with E-state index in [2.05, 4.69) is 12.2 Å². The smallest absolute Gasteiger partial charge is 0.338 e. The van der Waals surface area contributed by atoms with Crippen LogP contribution in [0.15, 0.2) is 18.2 Å². The maximum Gasteiger partial charge on any atom is 0.338 e. The van der Waals surface area contributed by atoms with Crippen LogP contribution in [0.2, 0.25) is 0 Å². The average molecular weight is 303 g/mol. The van der Waals surface area contributed by atoms with Gasteiger partial charge in [-0.25, -0.2) is 4.79 Å². The van der Waals surface area contributed by atoms with E-state index >= 15 is 0 Å². The first kappa shape index (κ1) is 16.5. The van der Waals surface area contributed by atoms with Crippen molar-refractivity contribution >= 4 is 11.9 Å². The molecule has 1 N–H and O–H groups in total. The predicted octanol–water partition coefficient (Wildman–Crippen LogP) is 3.16. The van der Waals surface area contributed by atoms with E-state index in [-0.39, 0.29) is 18.6 Å². The Morgan fingerprint density at radius 3 is 2.59 bits per heavy atom. The van der Waals surface area contributed by atoms with Gasteiger partial charge in [0.15, 0.2) is 6.61 Å². The molecule has 0 radical (unpaired) electrons. The Kier molecular flexibility index (Phi) is 5.58. The molecule has 1 aliphatic rings. The van der Waals surface area contributed by atoms with Crippen LogP contribution in [0.4, 0.5) is 0 Å². The van der Waals surface area contributed by atoms with Crippen molar-refractivity contribution in [2.45, 2.75) is 52.5 Å². The zero-order valence-corrected chi connectivity index (χ0v) is 13.6. The molecule has 1 aliphatic carbocycles. The number of rotatable bonds is 4. The third-order valence-corrected chi connectivity index (χ3v) is 4.53. The lowest BCUT2D eigenvalue weighted by atomic mass is 9.86. The van der Waals surface area contributed by atoms with Crippen LogP contribution in [0.1, 0.15) is 54.1 Å². The van der Waals surface area contributed by atoms with Crippen LogP contribution >= 0.6 is 0 Å². The van der Waals surface area contributed by atoms with E-state index in [1.807, 2.05) is 19.9 Å². The molecule has 1 aromatic carbocycles. The van der Waals surface area contributed by atoms with Crippen LogP contribution in [0.25, 0.3) is 0 Å². The molecular weight excluding hydrogens is 278 g/mol. The largest absolute Gasteiger partial charge is 0.452 e. The third-order valence-electron chi connectivity index (χ3n) is 4.53. The van der Waals surface area contributed by atoms with Crippen LogP contribution in [-0.2, 0) is 9.53 Å². The minimum absolute atomic E-state index is 0.210. The van der Waals surface area contributed by atoms with Gasteiger partial charge in [-0.3, -0.25) is 4.79 Å². The van der Waals surface area contributed by atoms with Gasteiger partial charge in [-0.05, 0) is 55.9 Å². The van der Waals surface area contributed by atoms with E-state index in [0.29, 0.717) is 11.5 Å². The number of carbonyl (C=O) groups is 2. The van der Waals surface area contributed by atoms with Crippen molar-refractivity contribution in [3.05, 3.63) is 34.9 Å². The Morgan fingerprint density at radius 1 is 1.18 bits per heavy atom. The molecular formula is C18H25NO3. The van der Waals surface area contributed by atoms with Crippen molar-refractivity contribution in [2.75, 3.05) is 6.61 Å². The second-order valence-corrected chi connectivity index (χ2v) is 6.31. The second-order valence-electron chi connectivity index (χ2n) is 6.31. The second kappa shape index (κ2) is 7.43. The Bertz CT molecular complexity index is 553. The third kappa shape index (κ3) is 4.33. The van der Waals surface area contributed by atoms with Crippen LogP contribution in [0.3, 0.4) is 0 Å². The van der Waals surface area contributed by atoms with Gasteiger partial charge >= 0.3 is 5.97 Å². The van der Waals surface area contributed by atoms with Gasteiger partial charge in [0.05, 0.1) is 5.56 Å². The fraction of sp³-hybridized carbons (Fsp3) is 0.556. The molecule has 22 heavy (non-hydrogen) atoms. The van der Waals surface area contributed by atoms with Crippen LogP contribution in [0.5, 0.6) is 0 Å². The number of hydrogen-bond acceptors (Lipinski definition) is 3. The van der Waals surface area contributed by atoms with Gasteiger partial charge in [0.25, 0.3) is 5.91 Å². The molecule has 0 bridgehead atoms. The van der Waals surface area contributed by atoms with Crippen molar-refractivity contribution in [3.8, 4) is 0 Å². The number of hydrogen-bond donors (Lipinski definition) is 1. The summed E-state index contributed by atoms with van der Waals surface area (Å²) in [6.45, 7) is 5.88. The lowest BCUT2D eigenvalue weighted by Crippen LogP contribution is -2.42. The van der Waals surface area contributed by atoms with Gasteiger partial charge in [0, 0.05) is 6.04 Å². The lowest BCUT2D eigenvalue weighted by molar-refractivity contribution is -0.125. The molecule has 0 aromatic heterocycles. The Hall–Kier alpha value is -1.84. The number of carbonyl (C=O) groups excluding carboxylic acids is 2. The Balaban J connectivity index is 1.82. The molecule has 0 spiro atoms. The van der Waals surface area contributed by atoms with Crippen molar-refractivity contribution in [1.29, 1.82) is 0 Å². The van der Waals surface area contributed by atoms with Crippen LogP contribution < -0.4 is 5.32 Å². The predicted molar refractivity (Wildman–Crippen MR) is 85.8 cm³/mol. The summed E-state index contributed by atoms with van der Waals surface area (Å²) in [4.78, 5) is 23.9. The highest BCUT2D eigenvalue weighted by Gasteiger charge is 2.23. The fourth-order valence-corrected chi connectivity index (χ4v) is 2.86. The molecule has 1 amide bonds. The lowest BCUT2D eigenvalue weighted by Gasteiger charge is -2.29. The average Bonchev–Trinajstić information content (AvgIpc) is 2.50. The zero-order chi connectivity index (χ0) is 16.1. The molecule has 120 valence electrons. The van der Waals surface area contributed by atoms with Gasteiger partial charge in [0.2, 0.25) is 0 Å². The minimum atomic E-state index is -0.449. The first-order valence-electron chi connectivity index (χ1n) is 8.01. The van der Waals surface area contributed by atoms with E-state index in [1.54, 1.807) is 12.1 Å². The molecule has 1 fully saturated rings. The number of aryl methyl sites for hydroxylation is 2. The highest BCUT2D eigenvalue weighted by Crippen LogP contribution is 2.23. The van der Waals surface area contributed by atoms with Crippen molar-refractivity contribution in [3.63, 3.8) is 0 Å². The van der Waals surface area contributed by atoms with Crippen molar-refractivity contribution in [1.82, 2.24) is 5.32 Å². The number of nitrogens with one attached hydrogen (secondary N) is 1. The van der Waals surface area contributed by atoms with Crippen molar-refractivity contribution in [2.24, 2.45) is 5.92 Å². The summed E-state index contributed by atoms with van der Waals surface area (Å²) in [5.41, 5.74) is 2.65. The molecule has 0 heterocycles. The molecule has 0 saturated heterocycles. The molecule has 0 aliphatic heterocycles.